The molecule has 0 radical (unpaired) electrons. The summed E-state index contributed by atoms with van der Waals surface area (Å²) >= 11 is 0. The lowest BCUT2D eigenvalue weighted by Gasteiger charge is -2.12. The number of carbonyl (C=O) groups is 2. The fourth-order valence-corrected chi connectivity index (χ4v) is 1.51. The molecule has 0 heterocycles. The number of Topliss-reactive ketones (excluding diaryl/α,β-unsaturated/α-hetero) is 1. The van der Waals surface area contributed by atoms with Crippen LogP contribution in [0.4, 0.5) is 0 Å². The number of ketones is 1. The van der Waals surface area contributed by atoms with Gasteiger partial charge in [0.05, 0.1) is 12.7 Å². The monoisotopic (exact) mass is 249 g/mol. The number of hydrogen-bond donors (Lipinski definition) is 1. The summed E-state index contributed by atoms with van der Waals surface area (Å²) < 4.78 is 5.10. The maximum Gasteiger partial charge on any atom is 0.292 e. The first kappa shape index (κ1) is 14.2. The van der Waals surface area contributed by atoms with Crippen LogP contribution in [0.25, 0.3) is 0 Å². The Morgan fingerprint density at radius 3 is 2.61 bits per heavy atom. The quantitative estimate of drug-likeness (QED) is 0.642. The summed E-state index contributed by atoms with van der Waals surface area (Å²) in [6.07, 6.45) is 0.782. The molecule has 18 heavy (non-hydrogen) atoms. The van der Waals surface area contributed by atoms with Crippen LogP contribution in [0.3, 0.4) is 0 Å². The van der Waals surface area contributed by atoms with E-state index in [1.807, 2.05) is 26.8 Å². The highest BCUT2D eigenvalue weighted by molar-refractivity contribution is 6.43. The molecular weight excluding hydrogens is 230 g/mol. The molecule has 0 saturated heterocycles. The van der Waals surface area contributed by atoms with Crippen LogP contribution in [0.15, 0.2) is 18.2 Å². The van der Waals surface area contributed by atoms with Gasteiger partial charge in [0.15, 0.2) is 0 Å². The summed E-state index contributed by atoms with van der Waals surface area (Å²) in [4.78, 5) is 23.8. The molecule has 1 rings (SSSR count). The average Bonchev–Trinajstić information content (AvgIpc) is 2.37. The molecule has 0 aromatic heterocycles. The van der Waals surface area contributed by atoms with Crippen molar-refractivity contribution in [2.24, 2.45) is 0 Å². The van der Waals surface area contributed by atoms with Crippen LogP contribution >= 0.6 is 0 Å². The molecule has 0 saturated carbocycles. The van der Waals surface area contributed by atoms with Gasteiger partial charge in [-0.1, -0.05) is 18.6 Å². The van der Waals surface area contributed by atoms with Crippen LogP contribution in [-0.4, -0.2) is 24.8 Å². The summed E-state index contributed by atoms with van der Waals surface area (Å²) in [7, 11) is 1.48. The second-order valence-corrected chi connectivity index (χ2v) is 4.32. The van der Waals surface area contributed by atoms with E-state index in [1.54, 1.807) is 12.1 Å². The van der Waals surface area contributed by atoms with E-state index in [9.17, 15) is 9.59 Å². The molecule has 98 valence electrons. The number of benzene rings is 1. The van der Waals surface area contributed by atoms with E-state index in [4.69, 9.17) is 4.74 Å². The lowest BCUT2D eigenvalue weighted by Crippen LogP contribution is -2.37. The maximum absolute atomic E-state index is 12.0. The second-order valence-electron chi connectivity index (χ2n) is 4.32. The summed E-state index contributed by atoms with van der Waals surface area (Å²) in [5.74, 6) is -0.728. The molecule has 0 aliphatic carbocycles. The highest BCUT2D eigenvalue weighted by Gasteiger charge is 2.21. The minimum atomic E-state index is -0.590. The SMILES string of the molecule is CCC(C)NC(=O)C(=O)c1cc(C)ccc1OC. The van der Waals surface area contributed by atoms with Crippen LogP contribution in [0.5, 0.6) is 5.75 Å². The van der Waals surface area contributed by atoms with Crippen molar-refractivity contribution >= 4 is 11.7 Å². The lowest BCUT2D eigenvalue weighted by atomic mass is 10.1. The fourth-order valence-electron chi connectivity index (χ4n) is 1.51. The minimum Gasteiger partial charge on any atom is -0.496 e. The molecular formula is C14H19NO3. The minimum absolute atomic E-state index is 0.0164. The first-order valence-corrected chi connectivity index (χ1v) is 5.99. The van der Waals surface area contributed by atoms with E-state index >= 15 is 0 Å². The van der Waals surface area contributed by atoms with Crippen molar-refractivity contribution in [3.8, 4) is 5.75 Å². The topological polar surface area (TPSA) is 55.4 Å². The van der Waals surface area contributed by atoms with E-state index in [2.05, 4.69) is 5.32 Å². The van der Waals surface area contributed by atoms with Crippen LogP contribution < -0.4 is 10.1 Å². The molecule has 0 aliphatic heterocycles. The summed E-state index contributed by atoms with van der Waals surface area (Å²) in [5.41, 5.74) is 1.22. The van der Waals surface area contributed by atoms with Gasteiger partial charge in [0, 0.05) is 6.04 Å². The van der Waals surface area contributed by atoms with Gasteiger partial charge in [-0.3, -0.25) is 9.59 Å². The Kier molecular flexibility index (Phi) is 4.89. The Hall–Kier alpha value is -1.84. The predicted octanol–water partition coefficient (Wildman–Crippen LogP) is 2.10. The third-order valence-electron chi connectivity index (χ3n) is 2.80. The van der Waals surface area contributed by atoms with Crippen LogP contribution in [0, 0.1) is 6.92 Å². The number of rotatable bonds is 5. The van der Waals surface area contributed by atoms with Crippen LogP contribution in [0.2, 0.25) is 0 Å². The van der Waals surface area contributed by atoms with Crippen LogP contribution in [-0.2, 0) is 4.79 Å². The molecule has 1 N–H and O–H groups in total. The van der Waals surface area contributed by atoms with Gasteiger partial charge in [-0.2, -0.15) is 0 Å². The molecule has 1 unspecified atom stereocenters. The molecule has 4 heteroatoms. The van der Waals surface area contributed by atoms with Gasteiger partial charge in [-0.25, -0.2) is 0 Å². The van der Waals surface area contributed by atoms with Gasteiger partial charge >= 0.3 is 0 Å². The number of aryl methyl sites for hydroxylation is 1. The summed E-state index contributed by atoms with van der Waals surface area (Å²) in [6.45, 7) is 5.67. The van der Waals surface area contributed by atoms with Crippen molar-refractivity contribution in [2.45, 2.75) is 33.2 Å². The van der Waals surface area contributed by atoms with Gasteiger partial charge in [0.2, 0.25) is 0 Å². The summed E-state index contributed by atoms with van der Waals surface area (Å²) in [6, 6.07) is 5.18. The van der Waals surface area contributed by atoms with Crippen molar-refractivity contribution in [1.29, 1.82) is 0 Å². The first-order valence-electron chi connectivity index (χ1n) is 5.99. The van der Waals surface area contributed by atoms with Crippen molar-refractivity contribution in [2.75, 3.05) is 7.11 Å². The zero-order valence-corrected chi connectivity index (χ0v) is 11.2. The highest BCUT2D eigenvalue weighted by atomic mass is 16.5. The largest absolute Gasteiger partial charge is 0.496 e. The van der Waals surface area contributed by atoms with Crippen molar-refractivity contribution in [3.05, 3.63) is 29.3 Å². The standard InChI is InChI=1S/C14H19NO3/c1-5-10(3)15-14(17)13(16)11-8-9(2)6-7-12(11)18-4/h6-8,10H,5H2,1-4H3,(H,15,17). The molecule has 4 nitrogen and oxygen atoms in total. The molecule has 0 spiro atoms. The van der Waals surface area contributed by atoms with Gasteiger partial charge in [0.1, 0.15) is 5.75 Å². The normalized spacial score (nSPS) is 11.8. The van der Waals surface area contributed by atoms with Gasteiger partial charge < -0.3 is 10.1 Å². The van der Waals surface area contributed by atoms with E-state index in [1.165, 1.54) is 7.11 Å². The average molecular weight is 249 g/mol. The molecule has 1 aromatic carbocycles. The van der Waals surface area contributed by atoms with Gasteiger partial charge in [0.25, 0.3) is 11.7 Å². The lowest BCUT2D eigenvalue weighted by molar-refractivity contribution is -0.117. The third-order valence-corrected chi connectivity index (χ3v) is 2.80. The predicted molar refractivity (Wildman–Crippen MR) is 70.0 cm³/mol. The highest BCUT2D eigenvalue weighted by Crippen LogP contribution is 2.20. The van der Waals surface area contributed by atoms with Crippen molar-refractivity contribution in [1.82, 2.24) is 5.32 Å². The van der Waals surface area contributed by atoms with Crippen molar-refractivity contribution in [3.63, 3.8) is 0 Å². The number of hydrogen-bond acceptors (Lipinski definition) is 3. The zero-order chi connectivity index (χ0) is 13.7. The van der Waals surface area contributed by atoms with E-state index in [-0.39, 0.29) is 6.04 Å². The Morgan fingerprint density at radius 1 is 1.39 bits per heavy atom. The third kappa shape index (κ3) is 3.32. The Labute approximate surface area is 107 Å². The van der Waals surface area contributed by atoms with E-state index < -0.39 is 11.7 Å². The summed E-state index contributed by atoms with van der Waals surface area (Å²) in [5, 5.41) is 2.65. The Bertz CT molecular complexity index is 454. The number of methoxy groups -OCH3 is 1. The molecule has 0 bridgehead atoms. The number of ether oxygens (including phenoxy) is 1. The molecule has 1 amide bonds. The van der Waals surface area contributed by atoms with Gasteiger partial charge in [-0.15, -0.1) is 0 Å². The first-order chi connectivity index (χ1) is 8.49. The Morgan fingerprint density at radius 2 is 2.06 bits per heavy atom. The van der Waals surface area contributed by atoms with Crippen LogP contribution in [0.1, 0.15) is 36.2 Å². The zero-order valence-electron chi connectivity index (χ0n) is 11.2. The molecule has 0 aliphatic rings. The number of nitrogens with one attached hydrogen (secondary N) is 1. The van der Waals surface area contributed by atoms with Gasteiger partial charge in [-0.05, 0) is 32.4 Å². The van der Waals surface area contributed by atoms with E-state index in [0.29, 0.717) is 11.3 Å². The second kappa shape index (κ2) is 6.19. The smallest absolute Gasteiger partial charge is 0.292 e. The molecule has 0 fully saturated rings. The van der Waals surface area contributed by atoms with E-state index in [0.717, 1.165) is 12.0 Å². The Balaban J connectivity index is 2.96. The number of amides is 1. The molecule has 1 aromatic rings. The maximum atomic E-state index is 12.0. The fraction of sp³-hybridized carbons (Fsp3) is 0.429. The number of carbonyl (C=O) groups excluding carboxylic acids is 2. The van der Waals surface area contributed by atoms with Crippen molar-refractivity contribution < 1.29 is 14.3 Å². The molecule has 1 atom stereocenters.